The minimum atomic E-state index is 0.138. The second kappa shape index (κ2) is 5.25. The number of phenols is 1. The van der Waals surface area contributed by atoms with E-state index in [1.165, 1.54) is 0 Å². The van der Waals surface area contributed by atoms with Crippen LogP contribution in [-0.2, 0) is 6.54 Å². The lowest BCUT2D eigenvalue weighted by molar-refractivity contribution is 0.162. The van der Waals surface area contributed by atoms with Gasteiger partial charge < -0.3 is 10.8 Å². The summed E-state index contributed by atoms with van der Waals surface area (Å²) in [5.74, 6) is 0.744. The van der Waals surface area contributed by atoms with Gasteiger partial charge in [0.25, 0.3) is 0 Å². The summed E-state index contributed by atoms with van der Waals surface area (Å²) in [5.41, 5.74) is 7.19. The molecule has 1 aliphatic rings. The summed E-state index contributed by atoms with van der Waals surface area (Å²) in [6.45, 7) is 5.06. The van der Waals surface area contributed by atoms with Gasteiger partial charge in [-0.1, -0.05) is 24.6 Å². The van der Waals surface area contributed by atoms with Crippen LogP contribution in [0.4, 0.5) is 0 Å². The number of nitrogens with two attached hydrogens (primary N) is 1. The molecule has 4 heteroatoms. The highest BCUT2D eigenvalue weighted by Crippen LogP contribution is 2.25. The van der Waals surface area contributed by atoms with Crippen molar-refractivity contribution in [3.8, 4) is 5.75 Å². The molecular weight excluding hydrogens is 236 g/mol. The second-order valence-corrected chi connectivity index (χ2v) is 5.36. The first kappa shape index (κ1) is 12.7. The van der Waals surface area contributed by atoms with Crippen LogP contribution in [0.5, 0.6) is 5.75 Å². The molecule has 3 nitrogen and oxygen atoms in total. The molecule has 1 aromatic carbocycles. The van der Waals surface area contributed by atoms with Gasteiger partial charge in [-0.25, -0.2) is 0 Å². The lowest BCUT2D eigenvalue weighted by atomic mass is 9.94. The molecule has 17 heavy (non-hydrogen) atoms. The first-order valence-corrected chi connectivity index (χ1v) is 6.39. The Morgan fingerprint density at radius 2 is 2.29 bits per heavy atom. The molecule has 0 amide bonds. The minimum Gasteiger partial charge on any atom is -0.506 e. The number of aromatic hydroxyl groups is 1. The number of phenolic OH excluding ortho intramolecular Hbond substituents is 1. The molecule has 2 atom stereocenters. The summed E-state index contributed by atoms with van der Waals surface area (Å²) in [6, 6.07) is 5.63. The van der Waals surface area contributed by atoms with Gasteiger partial charge in [0.15, 0.2) is 0 Å². The van der Waals surface area contributed by atoms with E-state index < -0.39 is 0 Å². The van der Waals surface area contributed by atoms with Crippen molar-refractivity contribution in [2.24, 2.45) is 11.7 Å². The summed E-state index contributed by atoms with van der Waals surface area (Å²) in [7, 11) is 0. The number of hydrogen-bond acceptors (Lipinski definition) is 3. The Bertz CT molecular complexity index is 397. The van der Waals surface area contributed by atoms with E-state index in [1.807, 2.05) is 12.1 Å². The molecule has 1 aromatic rings. The van der Waals surface area contributed by atoms with Crippen molar-refractivity contribution in [1.29, 1.82) is 0 Å². The Hall–Kier alpha value is -0.770. The zero-order chi connectivity index (χ0) is 12.4. The average molecular weight is 255 g/mol. The molecule has 2 rings (SSSR count). The number of nitrogens with zero attached hydrogens (tertiary/aromatic N) is 1. The van der Waals surface area contributed by atoms with E-state index in [4.69, 9.17) is 17.3 Å². The van der Waals surface area contributed by atoms with Crippen LogP contribution in [0.3, 0.4) is 0 Å². The van der Waals surface area contributed by atoms with Gasteiger partial charge in [0.2, 0.25) is 0 Å². The van der Waals surface area contributed by atoms with E-state index in [0.29, 0.717) is 10.9 Å². The van der Waals surface area contributed by atoms with Gasteiger partial charge in [0, 0.05) is 19.1 Å². The van der Waals surface area contributed by atoms with E-state index in [-0.39, 0.29) is 11.8 Å². The lowest BCUT2D eigenvalue weighted by Gasteiger charge is -2.35. The van der Waals surface area contributed by atoms with Gasteiger partial charge in [-0.2, -0.15) is 0 Å². The van der Waals surface area contributed by atoms with Crippen molar-refractivity contribution in [1.82, 2.24) is 4.90 Å². The largest absolute Gasteiger partial charge is 0.506 e. The average Bonchev–Trinajstić information content (AvgIpc) is 2.29. The van der Waals surface area contributed by atoms with Crippen LogP contribution in [0.25, 0.3) is 0 Å². The van der Waals surface area contributed by atoms with E-state index >= 15 is 0 Å². The number of benzene rings is 1. The molecule has 0 bridgehead atoms. The van der Waals surface area contributed by atoms with Crippen molar-refractivity contribution in [3.05, 3.63) is 28.8 Å². The zero-order valence-electron chi connectivity index (χ0n) is 10.1. The van der Waals surface area contributed by atoms with Crippen molar-refractivity contribution in [2.45, 2.75) is 25.9 Å². The van der Waals surface area contributed by atoms with Crippen LogP contribution < -0.4 is 5.73 Å². The Morgan fingerprint density at radius 3 is 2.94 bits per heavy atom. The fourth-order valence-corrected chi connectivity index (χ4v) is 2.42. The van der Waals surface area contributed by atoms with Gasteiger partial charge in [0.1, 0.15) is 5.75 Å². The Balaban J connectivity index is 1.99. The molecule has 0 aromatic heterocycles. The highest BCUT2D eigenvalue weighted by Gasteiger charge is 2.22. The number of halogens is 1. The molecule has 3 N–H and O–H groups in total. The highest BCUT2D eigenvalue weighted by molar-refractivity contribution is 6.32. The van der Waals surface area contributed by atoms with Crippen molar-refractivity contribution >= 4 is 11.6 Å². The normalized spacial score (nSPS) is 26.1. The molecule has 0 radical (unpaired) electrons. The highest BCUT2D eigenvalue weighted by atomic mass is 35.5. The van der Waals surface area contributed by atoms with Gasteiger partial charge in [-0.15, -0.1) is 0 Å². The Morgan fingerprint density at radius 1 is 1.53 bits per heavy atom. The standard InChI is InChI=1S/C13H19ClN2O/c1-9-4-5-16(8-12(9)15)7-10-2-3-13(17)11(14)6-10/h2-3,6,9,12,17H,4-5,7-8,15H2,1H3. The monoisotopic (exact) mass is 254 g/mol. The third kappa shape index (κ3) is 3.12. The molecule has 0 saturated carbocycles. The molecule has 1 fully saturated rings. The van der Waals surface area contributed by atoms with E-state index in [9.17, 15) is 5.11 Å². The van der Waals surface area contributed by atoms with E-state index in [2.05, 4.69) is 11.8 Å². The lowest BCUT2D eigenvalue weighted by Crippen LogP contribution is -2.47. The Labute approximate surface area is 107 Å². The first-order valence-electron chi connectivity index (χ1n) is 6.01. The van der Waals surface area contributed by atoms with Crippen LogP contribution >= 0.6 is 11.6 Å². The van der Waals surface area contributed by atoms with Crippen LogP contribution in [0.2, 0.25) is 5.02 Å². The summed E-state index contributed by atoms with van der Waals surface area (Å²) in [6.07, 6.45) is 1.15. The predicted molar refractivity (Wildman–Crippen MR) is 70.2 cm³/mol. The van der Waals surface area contributed by atoms with Crippen LogP contribution in [-0.4, -0.2) is 29.1 Å². The predicted octanol–water partition coefficient (Wildman–Crippen LogP) is 2.21. The molecular formula is C13H19ClN2O. The van der Waals surface area contributed by atoms with E-state index in [0.717, 1.165) is 31.6 Å². The van der Waals surface area contributed by atoms with Gasteiger partial charge >= 0.3 is 0 Å². The van der Waals surface area contributed by atoms with Gasteiger partial charge in [-0.3, -0.25) is 4.90 Å². The Kier molecular flexibility index (Phi) is 3.92. The molecule has 1 heterocycles. The number of likely N-dealkylation sites (tertiary alicyclic amines) is 1. The van der Waals surface area contributed by atoms with Crippen LogP contribution in [0.15, 0.2) is 18.2 Å². The number of hydrogen-bond donors (Lipinski definition) is 2. The summed E-state index contributed by atoms with van der Waals surface area (Å²) in [5, 5.41) is 9.77. The van der Waals surface area contributed by atoms with Crippen molar-refractivity contribution < 1.29 is 5.11 Å². The zero-order valence-corrected chi connectivity index (χ0v) is 10.8. The maximum absolute atomic E-state index is 9.36. The van der Waals surface area contributed by atoms with Crippen molar-refractivity contribution in [3.63, 3.8) is 0 Å². The molecule has 2 unspecified atom stereocenters. The van der Waals surface area contributed by atoms with Crippen molar-refractivity contribution in [2.75, 3.05) is 13.1 Å². The number of piperidine rings is 1. The molecule has 0 spiro atoms. The quantitative estimate of drug-likeness (QED) is 0.851. The fraction of sp³-hybridized carbons (Fsp3) is 0.538. The van der Waals surface area contributed by atoms with Gasteiger partial charge in [0.05, 0.1) is 5.02 Å². The van der Waals surface area contributed by atoms with Gasteiger partial charge in [-0.05, 0) is 36.6 Å². The molecule has 94 valence electrons. The summed E-state index contributed by atoms with van der Waals surface area (Å²) in [4.78, 5) is 2.34. The van der Waals surface area contributed by atoms with Crippen LogP contribution in [0.1, 0.15) is 18.9 Å². The maximum atomic E-state index is 9.36. The minimum absolute atomic E-state index is 0.138. The third-order valence-electron chi connectivity index (χ3n) is 3.52. The number of rotatable bonds is 2. The summed E-state index contributed by atoms with van der Waals surface area (Å²) >= 11 is 5.89. The summed E-state index contributed by atoms with van der Waals surface area (Å²) < 4.78 is 0. The SMILES string of the molecule is CC1CCN(Cc2ccc(O)c(Cl)c2)CC1N. The maximum Gasteiger partial charge on any atom is 0.134 e. The molecule has 0 aliphatic carbocycles. The molecule has 1 aliphatic heterocycles. The fourth-order valence-electron chi connectivity index (χ4n) is 2.22. The topological polar surface area (TPSA) is 49.5 Å². The van der Waals surface area contributed by atoms with E-state index in [1.54, 1.807) is 6.07 Å². The molecule has 1 saturated heterocycles. The van der Waals surface area contributed by atoms with Crippen LogP contribution in [0, 0.1) is 5.92 Å². The first-order chi connectivity index (χ1) is 8.06. The smallest absolute Gasteiger partial charge is 0.134 e. The second-order valence-electron chi connectivity index (χ2n) is 4.95. The third-order valence-corrected chi connectivity index (χ3v) is 3.82.